The Hall–Kier alpha value is -7.15. The van der Waals surface area contributed by atoms with Crippen molar-refractivity contribution in [3.05, 3.63) is 170 Å². The fourth-order valence-corrected chi connectivity index (χ4v) is 9.07. The van der Waals surface area contributed by atoms with Gasteiger partial charge in [-0.1, -0.05) is 84.9 Å². The summed E-state index contributed by atoms with van der Waals surface area (Å²) in [5.41, 5.74) is 12.5. The lowest BCUT2D eigenvalue weighted by atomic mass is 10.0. The van der Waals surface area contributed by atoms with E-state index >= 15 is 0 Å². The molecule has 0 aliphatic carbocycles. The minimum atomic E-state index is 0.847. The first-order valence-corrected chi connectivity index (χ1v) is 19.1. The largest absolute Gasteiger partial charge is 0.456 e. The van der Waals surface area contributed by atoms with Crippen molar-refractivity contribution in [3.63, 3.8) is 0 Å². The van der Waals surface area contributed by atoms with Crippen molar-refractivity contribution in [3.8, 4) is 21.7 Å². The van der Waals surface area contributed by atoms with Crippen LogP contribution in [0.25, 0.3) is 97.7 Å². The number of nitrogens with zero attached hydrogens (tertiary/aromatic N) is 2. The predicted molar refractivity (Wildman–Crippen MR) is 227 cm³/mol. The lowest BCUT2D eigenvalue weighted by molar-refractivity contribution is 0.668. The summed E-state index contributed by atoms with van der Waals surface area (Å²) in [6.45, 7) is 0. The summed E-state index contributed by atoms with van der Waals surface area (Å²) in [6, 6.07) is 59.1. The highest BCUT2D eigenvalue weighted by Crippen LogP contribution is 2.43. The third-order valence-electron chi connectivity index (χ3n) is 10.7. The number of hydrogen-bond acceptors (Lipinski definition) is 6. The van der Waals surface area contributed by atoms with E-state index in [-0.39, 0.29) is 0 Å². The molecule has 0 aliphatic rings. The number of anilines is 3. The van der Waals surface area contributed by atoms with E-state index in [0.29, 0.717) is 0 Å². The van der Waals surface area contributed by atoms with E-state index in [0.717, 1.165) is 115 Å². The van der Waals surface area contributed by atoms with Crippen molar-refractivity contribution in [1.82, 2.24) is 4.98 Å². The Morgan fingerprint density at radius 2 is 0.964 bits per heavy atom. The maximum atomic E-state index is 6.47. The maximum Gasteiger partial charge on any atom is 0.137 e. The molecule has 6 heteroatoms. The first kappa shape index (κ1) is 30.3. The second kappa shape index (κ2) is 11.7. The van der Waals surface area contributed by atoms with E-state index in [1.807, 2.05) is 30.3 Å². The van der Waals surface area contributed by atoms with E-state index < -0.39 is 0 Å². The standard InChI is InChI=1S/C49H28N2O3S/c1-2-8-30(9-3-1)49-50-48-46(55-49)25-24-43-47(48)38-21-16-31(26-44(38)54-43)29-14-17-32(18-15-29)51(33-20-23-42-39(27-33)36-11-5-7-13-41(36)52-42)34-19-22-37-35-10-4-6-12-40(35)53-45(37)28-34/h1-28H. The number of benzene rings is 8. The molecule has 4 heterocycles. The van der Waals surface area contributed by atoms with Crippen LogP contribution in [0.3, 0.4) is 0 Å². The molecule has 55 heavy (non-hydrogen) atoms. The Balaban J connectivity index is 0.961. The quantitative estimate of drug-likeness (QED) is 0.177. The number of hydrogen-bond donors (Lipinski definition) is 0. The fourth-order valence-electron chi connectivity index (χ4n) is 8.09. The number of furan rings is 3. The summed E-state index contributed by atoms with van der Waals surface area (Å²) in [5, 5.41) is 7.52. The minimum absolute atomic E-state index is 0.847. The molecule has 0 N–H and O–H groups in total. The first-order valence-electron chi connectivity index (χ1n) is 18.3. The summed E-state index contributed by atoms with van der Waals surface area (Å²) in [5.74, 6) is 0. The van der Waals surface area contributed by atoms with Crippen LogP contribution < -0.4 is 4.90 Å². The Labute approximate surface area is 317 Å². The van der Waals surface area contributed by atoms with Gasteiger partial charge in [0.2, 0.25) is 0 Å². The Morgan fingerprint density at radius 1 is 0.382 bits per heavy atom. The molecule has 0 unspecified atom stereocenters. The van der Waals surface area contributed by atoms with Gasteiger partial charge in [0, 0.05) is 55.6 Å². The summed E-state index contributed by atoms with van der Waals surface area (Å²) in [7, 11) is 0. The highest BCUT2D eigenvalue weighted by atomic mass is 32.1. The summed E-state index contributed by atoms with van der Waals surface area (Å²) < 4.78 is 20.2. The van der Waals surface area contributed by atoms with E-state index in [4.69, 9.17) is 18.2 Å². The molecular weight excluding hydrogens is 697 g/mol. The van der Waals surface area contributed by atoms with Crippen LogP contribution in [0.5, 0.6) is 0 Å². The third kappa shape index (κ3) is 4.75. The molecule has 0 radical (unpaired) electrons. The second-order valence-electron chi connectivity index (χ2n) is 13.9. The number of rotatable bonds is 5. The molecule has 12 aromatic rings. The van der Waals surface area contributed by atoms with Crippen molar-refractivity contribution < 1.29 is 13.3 Å². The van der Waals surface area contributed by atoms with Gasteiger partial charge in [0.15, 0.2) is 0 Å². The molecule has 0 spiro atoms. The molecule has 12 rings (SSSR count). The van der Waals surface area contributed by atoms with Crippen LogP contribution in [0.2, 0.25) is 0 Å². The SMILES string of the molecule is c1ccc(-c2nc3c(ccc4oc5cc(-c6ccc(N(c7ccc8c(c7)oc7ccccc78)c7ccc8oc9ccccc9c8c7)cc6)ccc5c43)s2)cc1. The molecule has 0 amide bonds. The van der Waals surface area contributed by atoms with Crippen LogP contribution in [0.4, 0.5) is 17.1 Å². The molecular formula is C49H28N2O3S. The van der Waals surface area contributed by atoms with Crippen LogP contribution in [0.1, 0.15) is 0 Å². The summed E-state index contributed by atoms with van der Waals surface area (Å²) in [4.78, 5) is 7.37. The number of para-hydroxylation sites is 2. The fraction of sp³-hybridized carbons (Fsp3) is 0. The van der Waals surface area contributed by atoms with Crippen molar-refractivity contribution in [2.45, 2.75) is 0 Å². The maximum absolute atomic E-state index is 6.47. The molecule has 4 aromatic heterocycles. The third-order valence-corrected chi connectivity index (χ3v) is 11.8. The zero-order valence-corrected chi connectivity index (χ0v) is 30.0. The monoisotopic (exact) mass is 724 g/mol. The van der Waals surface area contributed by atoms with Crippen LogP contribution in [-0.2, 0) is 0 Å². The van der Waals surface area contributed by atoms with E-state index in [2.05, 4.69) is 144 Å². The van der Waals surface area contributed by atoms with Gasteiger partial charge in [0.25, 0.3) is 0 Å². The van der Waals surface area contributed by atoms with Crippen molar-refractivity contribution >= 4 is 104 Å². The van der Waals surface area contributed by atoms with Gasteiger partial charge < -0.3 is 18.2 Å². The van der Waals surface area contributed by atoms with Crippen molar-refractivity contribution in [1.29, 1.82) is 0 Å². The lowest BCUT2D eigenvalue weighted by Crippen LogP contribution is -2.09. The summed E-state index contributed by atoms with van der Waals surface area (Å²) >= 11 is 1.71. The smallest absolute Gasteiger partial charge is 0.137 e. The van der Waals surface area contributed by atoms with Crippen molar-refractivity contribution in [2.24, 2.45) is 0 Å². The first-order chi connectivity index (χ1) is 27.2. The normalized spacial score (nSPS) is 12.0. The van der Waals surface area contributed by atoms with E-state index in [9.17, 15) is 0 Å². The van der Waals surface area contributed by atoms with E-state index in [1.54, 1.807) is 11.3 Å². The number of aromatic nitrogens is 1. The Morgan fingerprint density at radius 3 is 1.80 bits per heavy atom. The molecule has 258 valence electrons. The molecule has 0 bridgehead atoms. The molecule has 0 saturated carbocycles. The highest BCUT2D eigenvalue weighted by Gasteiger charge is 2.19. The van der Waals surface area contributed by atoms with Gasteiger partial charge in [-0.2, -0.15) is 0 Å². The Bertz CT molecular complexity index is 3440. The minimum Gasteiger partial charge on any atom is -0.456 e. The predicted octanol–water partition coefficient (Wildman–Crippen LogP) is 14.8. The molecule has 0 atom stereocenters. The molecule has 0 aliphatic heterocycles. The van der Waals surface area contributed by atoms with Gasteiger partial charge in [0.05, 0.1) is 15.6 Å². The second-order valence-corrected chi connectivity index (χ2v) is 15.0. The van der Waals surface area contributed by atoms with Gasteiger partial charge in [0.1, 0.15) is 38.5 Å². The highest BCUT2D eigenvalue weighted by molar-refractivity contribution is 7.21. The van der Waals surface area contributed by atoms with Gasteiger partial charge in [-0.05, 0) is 90.0 Å². The zero-order chi connectivity index (χ0) is 36.0. The van der Waals surface area contributed by atoms with Gasteiger partial charge >= 0.3 is 0 Å². The summed E-state index contributed by atoms with van der Waals surface area (Å²) in [6.07, 6.45) is 0. The lowest BCUT2D eigenvalue weighted by Gasteiger charge is -2.25. The Kier molecular flexibility index (Phi) is 6.44. The average molecular weight is 725 g/mol. The molecule has 8 aromatic carbocycles. The molecule has 5 nitrogen and oxygen atoms in total. The molecule has 0 fully saturated rings. The number of thiazole rings is 1. The van der Waals surface area contributed by atoms with Gasteiger partial charge in [-0.3, -0.25) is 0 Å². The van der Waals surface area contributed by atoms with Crippen LogP contribution in [0, 0.1) is 0 Å². The number of fused-ring (bicyclic) bond motifs is 11. The zero-order valence-electron chi connectivity index (χ0n) is 29.2. The van der Waals surface area contributed by atoms with Gasteiger partial charge in [-0.15, -0.1) is 11.3 Å². The van der Waals surface area contributed by atoms with Crippen molar-refractivity contribution in [2.75, 3.05) is 4.90 Å². The van der Waals surface area contributed by atoms with Gasteiger partial charge in [-0.25, -0.2) is 4.98 Å². The average Bonchev–Trinajstić information content (AvgIpc) is 4.02. The van der Waals surface area contributed by atoms with E-state index in [1.165, 1.54) is 0 Å². The van der Waals surface area contributed by atoms with Crippen LogP contribution in [-0.4, -0.2) is 4.98 Å². The van der Waals surface area contributed by atoms with Crippen LogP contribution in [0.15, 0.2) is 183 Å². The molecule has 0 saturated heterocycles. The topological polar surface area (TPSA) is 55.6 Å². The van der Waals surface area contributed by atoms with Crippen LogP contribution >= 0.6 is 11.3 Å².